The third kappa shape index (κ3) is 3.34. The maximum Gasteiger partial charge on any atom is 0.268 e. The molecule has 5 nitrogen and oxygen atoms in total. The number of amides is 1. The Labute approximate surface area is 135 Å². The monoisotopic (exact) mass is 308 g/mol. The first-order chi connectivity index (χ1) is 11.1. The molecular weight excluding hydrogens is 288 g/mol. The number of aromatic nitrogens is 3. The quantitative estimate of drug-likeness (QED) is 0.788. The first kappa shape index (κ1) is 15.1. The molecule has 3 rings (SSSR count). The van der Waals surface area contributed by atoms with Gasteiger partial charge in [0.15, 0.2) is 0 Å². The molecule has 0 spiro atoms. The van der Waals surface area contributed by atoms with Gasteiger partial charge in [-0.1, -0.05) is 30.3 Å². The van der Waals surface area contributed by atoms with Gasteiger partial charge in [0, 0.05) is 37.7 Å². The van der Waals surface area contributed by atoms with Gasteiger partial charge in [-0.3, -0.25) is 4.79 Å². The molecule has 0 saturated carbocycles. The second-order valence-electron chi connectivity index (χ2n) is 5.66. The highest BCUT2D eigenvalue weighted by Gasteiger charge is 2.15. The van der Waals surface area contributed by atoms with Gasteiger partial charge in [-0.05, 0) is 24.6 Å². The fourth-order valence-electron chi connectivity index (χ4n) is 2.69. The lowest BCUT2D eigenvalue weighted by atomic mass is 10.2. The van der Waals surface area contributed by atoms with Gasteiger partial charge >= 0.3 is 0 Å². The maximum atomic E-state index is 12.5. The molecule has 1 atom stereocenters. The molecule has 0 fully saturated rings. The molecule has 118 valence electrons. The van der Waals surface area contributed by atoms with Crippen LogP contribution in [0, 0.1) is 0 Å². The number of nitrogens with zero attached hydrogens (tertiary/aromatic N) is 3. The molecule has 0 aliphatic rings. The Kier molecular flexibility index (Phi) is 4.28. The average Bonchev–Trinajstić information content (AvgIpc) is 3.17. The van der Waals surface area contributed by atoms with Gasteiger partial charge in [0.2, 0.25) is 0 Å². The van der Waals surface area contributed by atoms with Crippen molar-refractivity contribution < 1.29 is 4.79 Å². The van der Waals surface area contributed by atoms with E-state index in [4.69, 9.17) is 0 Å². The number of nitrogens with one attached hydrogen (secondary N) is 1. The summed E-state index contributed by atoms with van der Waals surface area (Å²) in [4.78, 5) is 16.5. The van der Waals surface area contributed by atoms with Crippen molar-refractivity contribution >= 4 is 5.91 Å². The summed E-state index contributed by atoms with van der Waals surface area (Å²) in [7, 11) is 1.91. The lowest BCUT2D eigenvalue weighted by Gasteiger charge is -2.15. The van der Waals surface area contributed by atoms with E-state index in [1.54, 1.807) is 12.5 Å². The summed E-state index contributed by atoms with van der Waals surface area (Å²) < 4.78 is 3.87. The van der Waals surface area contributed by atoms with Gasteiger partial charge in [-0.15, -0.1) is 0 Å². The third-order valence-electron chi connectivity index (χ3n) is 3.85. The Hall–Kier alpha value is -2.82. The molecule has 0 radical (unpaired) electrons. The summed E-state index contributed by atoms with van der Waals surface area (Å²) in [5.41, 5.74) is 2.78. The Morgan fingerprint density at radius 1 is 1.22 bits per heavy atom. The number of hydrogen-bond donors (Lipinski definition) is 1. The van der Waals surface area contributed by atoms with Crippen molar-refractivity contribution in [1.29, 1.82) is 0 Å². The number of carbonyl (C=O) groups excluding carboxylic acids is 1. The van der Waals surface area contributed by atoms with Crippen LogP contribution in [-0.2, 0) is 13.6 Å². The summed E-state index contributed by atoms with van der Waals surface area (Å²) in [5, 5.41) is 3.03. The predicted octanol–water partition coefficient (Wildman–Crippen LogP) is 2.71. The van der Waals surface area contributed by atoms with Crippen molar-refractivity contribution in [3.05, 3.63) is 66.9 Å². The van der Waals surface area contributed by atoms with Crippen molar-refractivity contribution in [2.75, 3.05) is 0 Å². The van der Waals surface area contributed by atoms with Crippen LogP contribution in [0.15, 0.2) is 61.2 Å². The molecule has 0 aliphatic heterocycles. The van der Waals surface area contributed by atoms with E-state index >= 15 is 0 Å². The van der Waals surface area contributed by atoms with E-state index in [2.05, 4.69) is 10.3 Å². The molecule has 23 heavy (non-hydrogen) atoms. The predicted molar refractivity (Wildman–Crippen MR) is 90.0 cm³/mol. The fourth-order valence-corrected chi connectivity index (χ4v) is 2.69. The van der Waals surface area contributed by atoms with E-state index in [0.29, 0.717) is 12.2 Å². The molecule has 0 aliphatic carbocycles. The van der Waals surface area contributed by atoms with Crippen LogP contribution in [0.2, 0.25) is 0 Å². The number of imidazole rings is 1. The van der Waals surface area contributed by atoms with Gasteiger partial charge in [0.1, 0.15) is 5.69 Å². The minimum absolute atomic E-state index is 0.0202. The topological polar surface area (TPSA) is 51.9 Å². The lowest BCUT2D eigenvalue weighted by molar-refractivity contribution is 0.0928. The van der Waals surface area contributed by atoms with E-state index in [1.807, 2.05) is 71.8 Å². The molecule has 1 amide bonds. The summed E-state index contributed by atoms with van der Waals surface area (Å²) in [6, 6.07) is 13.9. The maximum absolute atomic E-state index is 12.5. The van der Waals surface area contributed by atoms with E-state index in [1.165, 1.54) is 0 Å². The molecule has 1 N–H and O–H groups in total. The van der Waals surface area contributed by atoms with Crippen molar-refractivity contribution in [1.82, 2.24) is 19.4 Å². The van der Waals surface area contributed by atoms with E-state index in [9.17, 15) is 4.79 Å². The highest BCUT2D eigenvalue weighted by Crippen LogP contribution is 2.21. The Balaban J connectivity index is 1.72. The van der Waals surface area contributed by atoms with Crippen molar-refractivity contribution in [2.24, 2.45) is 7.05 Å². The minimum Gasteiger partial charge on any atom is -0.347 e. The van der Waals surface area contributed by atoms with Crippen LogP contribution in [0.4, 0.5) is 0 Å². The molecule has 0 unspecified atom stereocenters. The number of hydrogen-bond acceptors (Lipinski definition) is 2. The number of benzene rings is 1. The SMILES string of the molecule is C[C@@H](Cn1ccnc1)NC(=O)c1ccc(-c2ccccc2)n1C. The Morgan fingerprint density at radius 3 is 2.70 bits per heavy atom. The highest BCUT2D eigenvalue weighted by atomic mass is 16.2. The third-order valence-corrected chi connectivity index (χ3v) is 3.85. The van der Waals surface area contributed by atoms with Crippen LogP contribution < -0.4 is 5.32 Å². The average molecular weight is 308 g/mol. The normalized spacial score (nSPS) is 12.1. The molecule has 3 aromatic rings. The van der Waals surface area contributed by atoms with Crippen LogP contribution in [-0.4, -0.2) is 26.1 Å². The fraction of sp³-hybridized carbons (Fsp3) is 0.222. The van der Waals surface area contributed by atoms with Gasteiger partial charge < -0.3 is 14.5 Å². The van der Waals surface area contributed by atoms with Crippen LogP contribution in [0.3, 0.4) is 0 Å². The number of rotatable bonds is 5. The second-order valence-corrected chi connectivity index (χ2v) is 5.66. The van der Waals surface area contributed by atoms with Gasteiger partial charge in [-0.2, -0.15) is 0 Å². The van der Waals surface area contributed by atoms with E-state index in [-0.39, 0.29) is 11.9 Å². The molecular formula is C18H20N4O. The van der Waals surface area contributed by atoms with Crippen LogP contribution >= 0.6 is 0 Å². The zero-order valence-electron chi connectivity index (χ0n) is 13.3. The number of carbonyl (C=O) groups is 1. The van der Waals surface area contributed by atoms with Crippen molar-refractivity contribution in [3.63, 3.8) is 0 Å². The standard InChI is InChI=1S/C18H20N4O/c1-14(12-22-11-10-19-13-22)20-18(23)17-9-8-16(21(17)2)15-6-4-3-5-7-15/h3-11,13-14H,12H2,1-2H3,(H,20,23)/t14-/m0/s1. The molecule has 0 saturated heterocycles. The van der Waals surface area contributed by atoms with E-state index in [0.717, 1.165) is 11.3 Å². The first-order valence-corrected chi connectivity index (χ1v) is 7.63. The lowest BCUT2D eigenvalue weighted by Crippen LogP contribution is -2.36. The van der Waals surface area contributed by atoms with E-state index < -0.39 is 0 Å². The highest BCUT2D eigenvalue weighted by molar-refractivity contribution is 5.94. The van der Waals surface area contributed by atoms with Crippen LogP contribution in [0.1, 0.15) is 17.4 Å². The minimum atomic E-state index is -0.0673. The summed E-state index contributed by atoms with van der Waals surface area (Å²) >= 11 is 0. The first-order valence-electron chi connectivity index (χ1n) is 7.63. The molecule has 0 bridgehead atoms. The summed E-state index contributed by atoms with van der Waals surface area (Å²) in [5.74, 6) is -0.0673. The molecule has 2 aromatic heterocycles. The largest absolute Gasteiger partial charge is 0.347 e. The summed E-state index contributed by atoms with van der Waals surface area (Å²) in [6.45, 7) is 2.68. The zero-order chi connectivity index (χ0) is 16.2. The molecule has 2 heterocycles. The smallest absolute Gasteiger partial charge is 0.268 e. The van der Waals surface area contributed by atoms with Crippen molar-refractivity contribution in [2.45, 2.75) is 19.5 Å². The van der Waals surface area contributed by atoms with Gasteiger partial charge in [0.05, 0.1) is 6.33 Å². The van der Waals surface area contributed by atoms with Gasteiger partial charge in [0.25, 0.3) is 5.91 Å². The zero-order valence-corrected chi connectivity index (χ0v) is 13.3. The Bertz CT molecular complexity index is 775. The van der Waals surface area contributed by atoms with Crippen LogP contribution in [0.5, 0.6) is 0 Å². The Morgan fingerprint density at radius 2 is 2.00 bits per heavy atom. The molecule has 5 heteroatoms. The van der Waals surface area contributed by atoms with Crippen molar-refractivity contribution in [3.8, 4) is 11.3 Å². The van der Waals surface area contributed by atoms with Gasteiger partial charge in [-0.25, -0.2) is 4.98 Å². The molecule has 1 aromatic carbocycles. The van der Waals surface area contributed by atoms with Crippen LogP contribution in [0.25, 0.3) is 11.3 Å². The summed E-state index contributed by atoms with van der Waals surface area (Å²) in [6.07, 6.45) is 5.37. The second kappa shape index (κ2) is 6.52.